The largest absolute Gasteiger partial charge is 0.477 e. The molecule has 1 aromatic carbocycles. The van der Waals surface area contributed by atoms with E-state index in [1.54, 1.807) is 0 Å². The maximum Gasteiger partial charge on any atom is 0.234 e. The van der Waals surface area contributed by atoms with Crippen LogP contribution in [0, 0.1) is 12.8 Å². The van der Waals surface area contributed by atoms with Crippen molar-refractivity contribution in [3.8, 4) is 5.88 Å². The number of nitrogens with one attached hydrogen (secondary N) is 1. The lowest BCUT2D eigenvalue weighted by atomic mass is 10.0. The zero-order valence-corrected chi connectivity index (χ0v) is 14.9. The van der Waals surface area contributed by atoms with Gasteiger partial charge in [0.15, 0.2) is 0 Å². The second-order valence-electron chi connectivity index (χ2n) is 6.50. The second kappa shape index (κ2) is 8.11. The van der Waals surface area contributed by atoms with Crippen LogP contribution in [0.15, 0.2) is 24.3 Å². The fourth-order valence-electron chi connectivity index (χ4n) is 2.64. The lowest BCUT2D eigenvalue weighted by Gasteiger charge is -2.20. The van der Waals surface area contributed by atoms with Gasteiger partial charge in [0.25, 0.3) is 0 Å². The molecule has 3 N–H and O–H groups in total. The molecule has 0 saturated carbocycles. The summed E-state index contributed by atoms with van der Waals surface area (Å²) in [5, 5.41) is 4.29. The number of carbonyl (C=O) groups excluding carboxylic acids is 1. The van der Waals surface area contributed by atoms with Crippen molar-refractivity contribution in [1.29, 1.82) is 0 Å². The maximum absolute atomic E-state index is 11.6. The van der Waals surface area contributed by atoms with Gasteiger partial charge in [0.2, 0.25) is 11.8 Å². The highest BCUT2D eigenvalue weighted by atomic mass is 16.5. The second-order valence-corrected chi connectivity index (χ2v) is 6.50. The van der Waals surface area contributed by atoms with Crippen molar-refractivity contribution < 1.29 is 9.53 Å². The van der Waals surface area contributed by atoms with E-state index < -0.39 is 0 Å². The number of primary amides is 1. The number of ether oxygens (including phenoxy) is 1. The minimum Gasteiger partial charge on any atom is -0.477 e. The van der Waals surface area contributed by atoms with Crippen LogP contribution >= 0.6 is 0 Å². The average molecular weight is 329 g/mol. The third kappa shape index (κ3) is 4.45. The van der Waals surface area contributed by atoms with E-state index in [9.17, 15) is 4.79 Å². The molecule has 5 nitrogen and oxygen atoms in total. The monoisotopic (exact) mass is 329 g/mol. The zero-order chi connectivity index (χ0) is 17.7. The molecule has 0 fully saturated rings. The Labute approximate surface area is 143 Å². The van der Waals surface area contributed by atoms with Gasteiger partial charge in [0, 0.05) is 17.5 Å². The molecule has 5 heteroatoms. The van der Waals surface area contributed by atoms with Gasteiger partial charge in [-0.1, -0.05) is 32.9 Å². The fraction of sp³-hybridized carbons (Fsp3) is 0.474. The van der Waals surface area contributed by atoms with Gasteiger partial charge in [-0.25, -0.2) is 4.98 Å². The first-order chi connectivity index (χ1) is 11.4. The predicted molar refractivity (Wildman–Crippen MR) is 96.9 cm³/mol. The molecule has 0 spiro atoms. The van der Waals surface area contributed by atoms with E-state index in [4.69, 9.17) is 10.5 Å². The van der Waals surface area contributed by atoms with Crippen molar-refractivity contribution in [1.82, 2.24) is 10.3 Å². The van der Waals surface area contributed by atoms with Crippen molar-refractivity contribution in [2.75, 3.05) is 6.61 Å². The summed E-state index contributed by atoms with van der Waals surface area (Å²) < 4.78 is 5.82. The standard InChI is InChI=1S/C19H27N3O2/c1-5-8-24-19-15(11-21-17(12(2)3)18(20)23)10-14-7-6-13(4)9-16(14)22-19/h6-7,9-10,12,17,21H,5,8,11H2,1-4H3,(H2,20,23)/t17-/m0/s1. The molecule has 130 valence electrons. The van der Waals surface area contributed by atoms with Gasteiger partial charge < -0.3 is 15.8 Å². The number of amides is 1. The van der Waals surface area contributed by atoms with Crippen LogP contribution in [0.1, 0.15) is 38.3 Å². The highest BCUT2D eigenvalue weighted by Gasteiger charge is 2.19. The lowest BCUT2D eigenvalue weighted by Crippen LogP contribution is -2.44. The summed E-state index contributed by atoms with van der Waals surface area (Å²) >= 11 is 0. The highest BCUT2D eigenvalue weighted by molar-refractivity contribution is 5.81. The summed E-state index contributed by atoms with van der Waals surface area (Å²) in [6.45, 7) is 9.15. The molecule has 0 radical (unpaired) electrons. The Kier molecular flexibility index (Phi) is 6.15. The molecule has 24 heavy (non-hydrogen) atoms. The van der Waals surface area contributed by atoms with E-state index in [1.165, 1.54) is 0 Å². The van der Waals surface area contributed by atoms with Gasteiger partial charge in [-0.05, 0) is 37.0 Å². The molecule has 1 amide bonds. The number of hydrogen-bond donors (Lipinski definition) is 2. The molecule has 0 aliphatic carbocycles. The van der Waals surface area contributed by atoms with Crippen molar-refractivity contribution in [2.24, 2.45) is 11.7 Å². The van der Waals surface area contributed by atoms with Gasteiger partial charge in [-0.3, -0.25) is 4.79 Å². The third-order valence-corrected chi connectivity index (χ3v) is 3.94. The van der Waals surface area contributed by atoms with Gasteiger partial charge in [-0.15, -0.1) is 0 Å². The van der Waals surface area contributed by atoms with Gasteiger partial charge >= 0.3 is 0 Å². The topological polar surface area (TPSA) is 77.2 Å². The number of fused-ring (bicyclic) bond motifs is 1. The van der Waals surface area contributed by atoms with E-state index >= 15 is 0 Å². The molecule has 0 aliphatic heterocycles. The van der Waals surface area contributed by atoms with Crippen LogP contribution in [0.2, 0.25) is 0 Å². The summed E-state index contributed by atoms with van der Waals surface area (Å²) in [5.74, 6) is 0.401. The molecule has 1 atom stereocenters. The Hall–Kier alpha value is -2.14. The molecule has 2 aromatic rings. The first kappa shape index (κ1) is 18.2. The van der Waals surface area contributed by atoms with E-state index in [0.29, 0.717) is 19.0 Å². The Morgan fingerprint density at radius 1 is 1.33 bits per heavy atom. The summed E-state index contributed by atoms with van der Waals surface area (Å²) in [7, 11) is 0. The van der Waals surface area contributed by atoms with Crippen molar-refractivity contribution in [2.45, 2.75) is 46.7 Å². The highest BCUT2D eigenvalue weighted by Crippen LogP contribution is 2.24. The summed E-state index contributed by atoms with van der Waals surface area (Å²) in [6.07, 6.45) is 0.913. The number of aromatic nitrogens is 1. The van der Waals surface area contributed by atoms with Gasteiger partial charge in [-0.2, -0.15) is 0 Å². The van der Waals surface area contributed by atoms with E-state index in [0.717, 1.165) is 28.5 Å². The number of carbonyl (C=O) groups is 1. The normalized spacial score (nSPS) is 12.5. The quantitative estimate of drug-likeness (QED) is 0.780. The molecular formula is C19H27N3O2. The van der Waals surface area contributed by atoms with E-state index in [2.05, 4.69) is 35.4 Å². The van der Waals surface area contributed by atoms with E-state index in [1.807, 2.05) is 26.8 Å². The Bertz CT molecular complexity index is 713. The van der Waals surface area contributed by atoms with Crippen LogP contribution in [0.4, 0.5) is 0 Å². The molecule has 2 rings (SSSR count). The number of hydrogen-bond acceptors (Lipinski definition) is 4. The molecule has 1 aromatic heterocycles. The van der Waals surface area contributed by atoms with Gasteiger partial charge in [0.05, 0.1) is 18.2 Å². The number of rotatable bonds is 8. The minimum atomic E-state index is -0.377. The summed E-state index contributed by atoms with van der Waals surface area (Å²) in [5.41, 5.74) is 8.50. The van der Waals surface area contributed by atoms with Gasteiger partial charge in [0.1, 0.15) is 0 Å². The number of nitrogens with two attached hydrogens (primary N) is 1. The van der Waals surface area contributed by atoms with Crippen molar-refractivity contribution in [3.63, 3.8) is 0 Å². The summed E-state index contributed by atoms with van der Waals surface area (Å²) in [4.78, 5) is 16.2. The van der Waals surface area contributed by atoms with Crippen molar-refractivity contribution >= 4 is 16.8 Å². The van der Waals surface area contributed by atoms with Crippen LogP contribution in [-0.2, 0) is 11.3 Å². The Balaban J connectivity index is 2.31. The molecule has 0 bridgehead atoms. The van der Waals surface area contributed by atoms with Crippen LogP contribution in [0.3, 0.4) is 0 Å². The fourth-order valence-corrected chi connectivity index (χ4v) is 2.64. The first-order valence-electron chi connectivity index (χ1n) is 8.48. The smallest absolute Gasteiger partial charge is 0.234 e. The predicted octanol–water partition coefficient (Wildman–Crippen LogP) is 2.93. The summed E-state index contributed by atoms with van der Waals surface area (Å²) in [6, 6.07) is 7.86. The molecule has 0 saturated heterocycles. The number of pyridine rings is 1. The number of nitrogens with zero attached hydrogens (tertiary/aromatic N) is 1. The van der Waals surface area contributed by atoms with Crippen LogP contribution < -0.4 is 15.8 Å². The Morgan fingerprint density at radius 2 is 2.08 bits per heavy atom. The number of aryl methyl sites for hydroxylation is 1. The maximum atomic E-state index is 11.6. The molecule has 0 unspecified atom stereocenters. The third-order valence-electron chi connectivity index (χ3n) is 3.94. The first-order valence-corrected chi connectivity index (χ1v) is 8.48. The zero-order valence-electron chi connectivity index (χ0n) is 14.9. The van der Waals surface area contributed by atoms with Crippen LogP contribution in [0.25, 0.3) is 10.9 Å². The molecule has 0 aliphatic rings. The van der Waals surface area contributed by atoms with Crippen molar-refractivity contribution in [3.05, 3.63) is 35.4 Å². The lowest BCUT2D eigenvalue weighted by molar-refractivity contribution is -0.121. The molecule has 1 heterocycles. The van der Waals surface area contributed by atoms with Crippen LogP contribution in [-0.4, -0.2) is 23.5 Å². The average Bonchev–Trinajstić information content (AvgIpc) is 2.52. The van der Waals surface area contributed by atoms with E-state index in [-0.39, 0.29) is 17.9 Å². The number of benzene rings is 1. The van der Waals surface area contributed by atoms with Crippen LogP contribution in [0.5, 0.6) is 5.88 Å². The molecular weight excluding hydrogens is 302 g/mol. The minimum absolute atomic E-state index is 0.124. The Morgan fingerprint density at radius 3 is 2.71 bits per heavy atom. The SMILES string of the molecule is CCCOc1nc2cc(C)ccc2cc1CN[C@H](C(N)=O)C(C)C.